The summed E-state index contributed by atoms with van der Waals surface area (Å²) in [6, 6.07) is 0. The highest BCUT2D eigenvalue weighted by molar-refractivity contribution is 6.00. The molecular weight excluding hydrogens is 244 g/mol. The van der Waals surface area contributed by atoms with E-state index in [-0.39, 0.29) is 11.9 Å². The van der Waals surface area contributed by atoms with Crippen LogP contribution in [0.25, 0.3) is 0 Å². The number of hydrogen-bond acceptors (Lipinski definition) is 4. The summed E-state index contributed by atoms with van der Waals surface area (Å²) in [5.74, 6) is 0.808. The molecule has 1 heterocycles. The Kier molecular flexibility index (Phi) is 4.58. The van der Waals surface area contributed by atoms with Crippen LogP contribution in [0.5, 0.6) is 5.75 Å². The monoisotopic (exact) mass is 266 g/mol. The van der Waals surface area contributed by atoms with Gasteiger partial charge in [-0.25, -0.2) is 0 Å². The van der Waals surface area contributed by atoms with Gasteiger partial charge in [0.15, 0.2) is 5.75 Å². The van der Waals surface area contributed by atoms with Crippen molar-refractivity contribution >= 4 is 5.78 Å². The Balaban J connectivity index is 2.22. The summed E-state index contributed by atoms with van der Waals surface area (Å²) in [5, 5.41) is 4.09. The van der Waals surface area contributed by atoms with Crippen LogP contribution in [0.3, 0.4) is 0 Å². The molecule has 1 aromatic rings. The van der Waals surface area contributed by atoms with E-state index in [1.54, 1.807) is 32.1 Å². The van der Waals surface area contributed by atoms with Gasteiger partial charge in [-0.1, -0.05) is 19.3 Å². The number of Topliss-reactive ketones (excluding diaryl/α,β-unsaturated/α-hetero) is 1. The first-order chi connectivity index (χ1) is 9.19. The summed E-state index contributed by atoms with van der Waals surface area (Å²) in [4.78, 5) is 12.7. The third kappa shape index (κ3) is 2.81. The maximum Gasteiger partial charge on any atom is 0.213 e. The topological polar surface area (TPSA) is 53.4 Å². The highest BCUT2D eigenvalue weighted by Crippen LogP contribution is 2.31. The lowest BCUT2D eigenvalue weighted by Gasteiger charge is -2.28. The minimum absolute atomic E-state index is 0.0220. The molecule has 1 fully saturated rings. The van der Waals surface area contributed by atoms with Gasteiger partial charge in [0.2, 0.25) is 5.78 Å². The Morgan fingerprint density at radius 2 is 2.05 bits per heavy atom. The number of ether oxygens (including phenoxy) is 2. The molecule has 0 radical (unpaired) electrons. The molecule has 0 bridgehead atoms. The molecule has 0 amide bonds. The van der Waals surface area contributed by atoms with Gasteiger partial charge in [-0.05, 0) is 18.8 Å². The van der Waals surface area contributed by atoms with E-state index in [1.807, 2.05) is 0 Å². The Bertz CT molecular complexity index is 436. The van der Waals surface area contributed by atoms with Crippen LogP contribution in [-0.4, -0.2) is 35.9 Å². The maximum absolute atomic E-state index is 12.7. The minimum atomic E-state index is -0.385. The van der Waals surface area contributed by atoms with Gasteiger partial charge in [0.1, 0.15) is 11.8 Å². The van der Waals surface area contributed by atoms with Crippen molar-refractivity contribution < 1.29 is 14.3 Å². The van der Waals surface area contributed by atoms with Gasteiger partial charge in [0.05, 0.1) is 13.3 Å². The molecule has 0 spiro atoms. The molecule has 1 atom stereocenters. The molecule has 0 aliphatic heterocycles. The van der Waals surface area contributed by atoms with E-state index in [0.29, 0.717) is 17.4 Å². The van der Waals surface area contributed by atoms with Gasteiger partial charge in [0, 0.05) is 14.2 Å². The molecule has 5 nitrogen and oxygen atoms in total. The molecule has 1 aliphatic carbocycles. The van der Waals surface area contributed by atoms with Crippen LogP contribution in [0, 0.1) is 5.92 Å². The predicted octanol–water partition coefficient (Wildman–Crippen LogP) is 2.21. The summed E-state index contributed by atoms with van der Waals surface area (Å²) in [5.41, 5.74) is 0.500. The zero-order chi connectivity index (χ0) is 13.8. The Labute approximate surface area is 113 Å². The summed E-state index contributed by atoms with van der Waals surface area (Å²) >= 11 is 0. The summed E-state index contributed by atoms with van der Waals surface area (Å²) in [6.07, 6.45) is 6.93. The first kappa shape index (κ1) is 14.1. The van der Waals surface area contributed by atoms with E-state index < -0.39 is 0 Å². The summed E-state index contributed by atoms with van der Waals surface area (Å²) in [7, 11) is 4.92. The maximum atomic E-state index is 12.7. The van der Waals surface area contributed by atoms with E-state index in [0.717, 1.165) is 12.8 Å². The normalized spacial score (nSPS) is 18.3. The van der Waals surface area contributed by atoms with Crippen molar-refractivity contribution in [2.75, 3.05) is 14.2 Å². The second kappa shape index (κ2) is 6.19. The summed E-state index contributed by atoms with van der Waals surface area (Å²) in [6.45, 7) is 0. The molecule has 1 saturated carbocycles. The largest absolute Gasteiger partial charge is 0.493 e. The lowest BCUT2D eigenvalue weighted by atomic mass is 9.83. The van der Waals surface area contributed by atoms with Crippen molar-refractivity contribution in [1.29, 1.82) is 0 Å². The molecule has 5 heteroatoms. The fourth-order valence-corrected chi connectivity index (χ4v) is 2.93. The van der Waals surface area contributed by atoms with Crippen molar-refractivity contribution in [2.24, 2.45) is 13.0 Å². The smallest absolute Gasteiger partial charge is 0.213 e. The van der Waals surface area contributed by atoms with Crippen LogP contribution in [0.1, 0.15) is 42.6 Å². The number of carbonyl (C=O) groups excluding carboxylic acids is 1. The number of carbonyl (C=O) groups is 1. The molecule has 2 rings (SSSR count). The molecule has 19 heavy (non-hydrogen) atoms. The van der Waals surface area contributed by atoms with Gasteiger partial charge < -0.3 is 9.47 Å². The Morgan fingerprint density at radius 3 is 2.63 bits per heavy atom. The minimum Gasteiger partial charge on any atom is -0.493 e. The summed E-state index contributed by atoms with van der Waals surface area (Å²) < 4.78 is 12.3. The van der Waals surface area contributed by atoms with Gasteiger partial charge in [0.25, 0.3) is 0 Å². The molecule has 1 unspecified atom stereocenters. The number of hydrogen-bond donors (Lipinski definition) is 0. The number of methoxy groups -OCH3 is 2. The van der Waals surface area contributed by atoms with Gasteiger partial charge in [-0.15, -0.1) is 0 Å². The van der Waals surface area contributed by atoms with Crippen LogP contribution in [0.4, 0.5) is 0 Å². The molecule has 106 valence electrons. The Morgan fingerprint density at radius 1 is 1.37 bits per heavy atom. The SMILES string of the molecule is COc1cnn(C)c1C(=O)C(OC)C1CCCCC1. The van der Waals surface area contributed by atoms with E-state index in [1.165, 1.54) is 19.3 Å². The standard InChI is InChI=1S/C14H22N2O3/c1-16-12(11(18-2)9-15-16)13(17)14(19-3)10-7-5-4-6-8-10/h9-10,14H,4-8H2,1-3H3. The third-order valence-corrected chi connectivity index (χ3v) is 3.95. The molecule has 0 saturated heterocycles. The quantitative estimate of drug-likeness (QED) is 0.767. The fourth-order valence-electron chi connectivity index (χ4n) is 2.93. The average Bonchev–Trinajstić information content (AvgIpc) is 2.81. The second-order valence-electron chi connectivity index (χ2n) is 5.10. The second-order valence-corrected chi connectivity index (χ2v) is 5.10. The highest BCUT2D eigenvalue weighted by Gasteiger charge is 2.33. The number of nitrogens with zero attached hydrogens (tertiary/aromatic N) is 2. The van der Waals surface area contributed by atoms with Crippen molar-refractivity contribution in [3.05, 3.63) is 11.9 Å². The van der Waals surface area contributed by atoms with Crippen molar-refractivity contribution in [2.45, 2.75) is 38.2 Å². The third-order valence-electron chi connectivity index (χ3n) is 3.95. The van der Waals surface area contributed by atoms with E-state index >= 15 is 0 Å². The van der Waals surface area contributed by atoms with Crippen LogP contribution in [-0.2, 0) is 11.8 Å². The van der Waals surface area contributed by atoms with E-state index in [2.05, 4.69) is 5.10 Å². The van der Waals surface area contributed by atoms with Crippen LogP contribution < -0.4 is 4.74 Å². The molecular formula is C14H22N2O3. The van der Waals surface area contributed by atoms with Crippen molar-refractivity contribution in [3.63, 3.8) is 0 Å². The lowest BCUT2D eigenvalue weighted by Crippen LogP contribution is -2.34. The van der Waals surface area contributed by atoms with Crippen LogP contribution >= 0.6 is 0 Å². The van der Waals surface area contributed by atoms with E-state index in [9.17, 15) is 4.79 Å². The highest BCUT2D eigenvalue weighted by atomic mass is 16.5. The van der Waals surface area contributed by atoms with E-state index in [4.69, 9.17) is 9.47 Å². The molecule has 0 aromatic carbocycles. The lowest BCUT2D eigenvalue weighted by molar-refractivity contribution is 0.0304. The van der Waals surface area contributed by atoms with Crippen LogP contribution in [0.2, 0.25) is 0 Å². The van der Waals surface area contributed by atoms with Crippen molar-refractivity contribution in [3.8, 4) is 5.75 Å². The van der Waals surface area contributed by atoms with Gasteiger partial charge in [-0.3, -0.25) is 9.48 Å². The number of rotatable bonds is 5. The number of aromatic nitrogens is 2. The van der Waals surface area contributed by atoms with Gasteiger partial charge in [-0.2, -0.15) is 5.10 Å². The molecule has 0 N–H and O–H groups in total. The van der Waals surface area contributed by atoms with Crippen LogP contribution in [0.15, 0.2) is 6.20 Å². The average molecular weight is 266 g/mol. The van der Waals surface area contributed by atoms with Gasteiger partial charge >= 0.3 is 0 Å². The fraction of sp³-hybridized carbons (Fsp3) is 0.714. The zero-order valence-corrected chi connectivity index (χ0v) is 11.9. The zero-order valence-electron chi connectivity index (χ0n) is 11.9. The number of aryl methyl sites for hydroxylation is 1. The number of ketones is 1. The first-order valence-electron chi connectivity index (χ1n) is 6.82. The molecule has 1 aliphatic rings. The Hall–Kier alpha value is -1.36. The predicted molar refractivity (Wildman–Crippen MR) is 71.5 cm³/mol. The van der Waals surface area contributed by atoms with Crippen molar-refractivity contribution in [1.82, 2.24) is 9.78 Å². The molecule has 1 aromatic heterocycles. The first-order valence-corrected chi connectivity index (χ1v) is 6.82.